The Bertz CT molecular complexity index is 387. The third-order valence-corrected chi connectivity index (χ3v) is 4.25. The van der Waals surface area contributed by atoms with Gasteiger partial charge in [0.2, 0.25) is 0 Å². The summed E-state index contributed by atoms with van der Waals surface area (Å²) in [6, 6.07) is 3.83. The SMILES string of the molecule is Cc1ccc([C@H](N[S+]([O-])C(C)(C)C)C(C)(C)C)o1. The van der Waals surface area contributed by atoms with Crippen molar-refractivity contribution in [3.8, 4) is 0 Å². The molecule has 1 rings (SSSR count). The normalized spacial score (nSPS) is 16.7. The summed E-state index contributed by atoms with van der Waals surface area (Å²) >= 11 is -1.12. The maximum Gasteiger partial charge on any atom is 0.136 e. The molecule has 1 N–H and O–H groups in total. The van der Waals surface area contributed by atoms with Crippen LogP contribution in [0.3, 0.4) is 0 Å². The maximum absolute atomic E-state index is 12.3. The van der Waals surface area contributed by atoms with E-state index in [1.54, 1.807) is 0 Å². The fraction of sp³-hybridized carbons (Fsp3) is 0.714. The molecule has 0 amide bonds. The van der Waals surface area contributed by atoms with Gasteiger partial charge in [0, 0.05) is 11.4 Å². The lowest BCUT2D eigenvalue weighted by Gasteiger charge is -2.33. The van der Waals surface area contributed by atoms with Gasteiger partial charge in [0.1, 0.15) is 22.3 Å². The third-order valence-electron chi connectivity index (χ3n) is 2.69. The molecule has 2 atom stereocenters. The number of rotatable bonds is 3. The molecule has 4 heteroatoms. The fourth-order valence-electron chi connectivity index (χ4n) is 1.55. The molecule has 18 heavy (non-hydrogen) atoms. The highest BCUT2D eigenvalue weighted by molar-refractivity contribution is 7.90. The number of hydrogen-bond donors (Lipinski definition) is 1. The van der Waals surface area contributed by atoms with E-state index in [9.17, 15) is 4.55 Å². The Hall–Kier alpha value is -0.450. The van der Waals surface area contributed by atoms with Crippen molar-refractivity contribution in [2.24, 2.45) is 5.41 Å². The minimum Gasteiger partial charge on any atom is -0.598 e. The lowest BCUT2D eigenvalue weighted by atomic mass is 9.86. The van der Waals surface area contributed by atoms with Crippen LogP contribution in [-0.4, -0.2) is 9.30 Å². The third kappa shape index (κ3) is 4.04. The number of furan rings is 1. The average Bonchev–Trinajstić information content (AvgIpc) is 2.57. The van der Waals surface area contributed by atoms with Gasteiger partial charge in [-0.1, -0.05) is 20.8 Å². The molecule has 0 spiro atoms. The molecule has 1 aromatic rings. The Morgan fingerprint density at radius 1 is 1.17 bits per heavy atom. The van der Waals surface area contributed by atoms with Crippen molar-refractivity contribution >= 4 is 11.4 Å². The molecular formula is C14H25NO2S. The van der Waals surface area contributed by atoms with E-state index in [1.165, 1.54) is 0 Å². The molecule has 1 aromatic heterocycles. The van der Waals surface area contributed by atoms with Gasteiger partial charge in [-0.05, 0) is 45.2 Å². The molecule has 0 saturated carbocycles. The zero-order valence-electron chi connectivity index (χ0n) is 12.5. The fourth-order valence-corrected chi connectivity index (χ4v) is 2.59. The van der Waals surface area contributed by atoms with Crippen LogP contribution in [-0.2, 0) is 11.4 Å². The Balaban J connectivity index is 2.95. The summed E-state index contributed by atoms with van der Waals surface area (Å²) in [6.45, 7) is 14.1. The minimum atomic E-state index is -1.12. The summed E-state index contributed by atoms with van der Waals surface area (Å²) < 4.78 is 20.9. The summed E-state index contributed by atoms with van der Waals surface area (Å²) in [7, 11) is 0. The standard InChI is InChI=1S/C14H25NO2S/c1-10-8-9-11(17-10)12(13(2,3)4)15-18(16)14(5,6)7/h8-9,12,15H,1-7H3/t12-,18?/m0/s1. The topological polar surface area (TPSA) is 48.2 Å². The quantitative estimate of drug-likeness (QED) is 0.852. The zero-order valence-corrected chi connectivity index (χ0v) is 13.3. The van der Waals surface area contributed by atoms with Crippen LogP contribution in [0, 0.1) is 12.3 Å². The first-order valence-corrected chi connectivity index (χ1v) is 7.41. The summed E-state index contributed by atoms with van der Waals surface area (Å²) in [4.78, 5) is 0. The van der Waals surface area contributed by atoms with Crippen LogP contribution >= 0.6 is 0 Å². The zero-order chi connectivity index (χ0) is 14.1. The maximum atomic E-state index is 12.3. The van der Waals surface area contributed by atoms with Crippen molar-refractivity contribution < 1.29 is 8.97 Å². The van der Waals surface area contributed by atoms with Gasteiger partial charge in [-0.15, -0.1) is 4.72 Å². The second-order valence-corrected chi connectivity index (χ2v) is 8.74. The molecular weight excluding hydrogens is 246 g/mol. The predicted molar refractivity (Wildman–Crippen MR) is 76.7 cm³/mol. The lowest BCUT2D eigenvalue weighted by molar-refractivity contribution is 0.261. The Morgan fingerprint density at radius 3 is 2.06 bits per heavy atom. The molecule has 1 unspecified atom stereocenters. The van der Waals surface area contributed by atoms with Crippen molar-refractivity contribution in [2.45, 2.75) is 59.3 Å². The number of nitrogens with one attached hydrogen (secondary N) is 1. The molecule has 0 aliphatic rings. The molecule has 0 aliphatic heterocycles. The smallest absolute Gasteiger partial charge is 0.136 e. The molecule has 3 nitrogen and oxygen atoms in total. The Kier molecular flexibility index (Phi) is 4.57. The molecule has 0 aromatic carbocycles. The number of hydrogen-bond acceptors (Lipinski definition) is 3. The molecule has 0 fully saturated rings. The van der Waals surface area contributed by atoms with Crippen molar-refractivity contribution in [3.05, 3.63) is 23.7 Å². The lowest BCUT2D eigenvalue weighted by Crippen LogP contribution is -2.44. The summed E-state index contributed by atoms with van der Waals surface area (Å²) in [5, 5.41) is 0. The summed E-state index contributed by atoms with van der Waals surface area (Å²) in [5.74, 6) is 1.72. The van der Waals surface area contributed by atoms with Crippen LogP contribution in [0.1, 0.15) is 59.1 Å². The van der Waals surface area contributed by atoms with Crippen LogP contribution in [0.4, 0.5) is 0 Å². The number of aryl methyl sites for hydroxylation is 1. The van der Waals surface area contributed by atoms with E-state index in [1.807, 2.05) is 39.8 Å². The highest BCUT2D eigenvalue weighted by Crippen LogP contribution is 2.35. The predicted octanol–water partition coefficient (Wildman–Crippen LogP) is 3.73. The molecule has 0 radical (unpaired) electrons. The average molecular weight is 271 g/mol. The van der Waals surface area contributed by atoms with Crippen LogP contribution in [0.2, 0.25) is 0 Å². The highest BCUT2D eigenvalue weighted by atomic mass is 32.2. The van der Waals surface area contributed by atoms with Gasteiger partial charge < -0.3 is 8.97 Å². The van der Waals surface area contributed by atoms with E-state index in [4.69, 9.17) is 4.42 Å². The summed E-state index contributed by atoms with van der Waals surface area (Å²) in [6.07, 6.45) is 0. The van der Waals surface area contributed by atoms with Gasteiger partial charge in [-0.3, -0.25) is 0 Å². The first kappa shape index (κ1) is 15.6. The highest BCUT2D eigenvalue weighted by Gasteiger charge is 2.36. The van der Waals surface area contributed by atoms with Gasteiger partial charge in [-0.25, -0.2) is 0 Å². The van der Waals surface area contributed by atoms with Crippen LogP contribution in [0.15, 0.2) is 16.5 Å². The molecule has 0 saturated heterocycles. The first-order valence-electron chi connectivity index (χ1n) is 6.26. The molecule has 104 valence electrons. The van der Waals surface area contributed by atoms with Crippen molar-refractivity contribution in [3.63, 3.8) is 0 Å². The van der Waals surface area contributed by atoms with Gasteiger partial charge in [0.25, 0.3) is 0 Å². The van der Waals surface area contributed by atoms with E-state index in [2.05, 4.69) is 25.5 Å². The molecule has 0 aliphatic carbocycles. The largest absolute Gasteiger partial charge is 0.598 e. The van der Waals surface area contributed by atoms with Crippen LogP contribution in [0.25, 0.3) is 0 Å². The minimum absolute atomic E-state index is 0.0636. The van der Waals surface area contributed by atoms with Crippen molar-refractivity contribution in [1.82, 2.24) is 4.72 Å². The molecule has 0 bridgehead atoms. The second kappa shape index (κ2) is 5.27. The monoisotopic (exact) mass is 271 g/mol. The van der Waals surface area contributed by atoms with Gasteiger partial charge in [0.15, 0.2) is 0 Å². The van der Waals surface area contributed by atoms with Gasteiger partial charge in [-0.2, -0.15) is 0 Å². The molecule has 1 heterocycles. The second-order valence-electron chi connectivity index (χ2n) is 6.75. The van der Waals surface area contributed by atoms with E-state index in [0.29, 0.717) is 0 Å². The Morgan fingerprint density at radius 2 is 1.72 bits per heavy atom. The summed E-state index contributed by atoms with van der Waals surface area (Å²) in [5.41, 5.74) is -0.0643. The van der Waals surface area contributed by atoms with Gasteiger partial charge >= 0.3 is 0 Å². The van der Waals surface area contributed by atoms with Crippen molar-refractivity contribution in [1.29, 1.82) is 0 Å². The van der Waals surface area contributed by atoms with E-state index in [-0.39, 0.29) is 16.2 Å². The first-order chi connectivity index (χ1) is 8.01. The van der Waals surface area contributed by atoms with E-state index in [0.717, 1.165) is 11.5 Å². The van der Waals surface area contributed by atoms with Gasteiger partial charge in [0.05, 0.1) is 0 Å². The van der Waals surface area contributed by atoms with Crippen LogP contribution < -0.4 is 4.72 Å². The van der Waals surface area contributed by atoms with E-state index < -0.39 is 11.4 Å². The van der Waals surface area contributed by atoms with Crippen molar-refractivity contribution in [2.75, 3.05) is 0 Å². The van der Waals surface area contributed by atoms with E-state index >= 15 is 0 Å². The van der Waals surface area contributed by atoms with Crippen LogP contribution in [0.5, 0.6) is 0 Å². The Labute approximate surface area is 114 Å².